The molecule has 5 heteroatoms. The Morgan fingerprint density at radius 3 is 2.91 bits per heavy atom. The quantitative estimate of drug-likeness (QED) is 0.468. The van der Waals surface area contributed by atoms with Crippen LogP contribution in [0.15, 0.2) is 18.2 Å². The Balaban J connectivity index is 2.90. The second kappa shape index (κ2) is 2.14. The van der Waals surface area contributed by atoms with Gasteiger partial charge in [-0.1, -0.05) is 6.07 Å². The van der Waals surface area contributed by atoms with E-state index in [4.69, 9.17) is 5.73 Å². The van der Waals surface area contributed by atoms with E-state index in [2.05, 4.69) is 8.75 Å². The summed E-state index contributed by atoms with van der Waals surface area (Å²) in [4.78, 5) is 0. The van der Waals surface area contributed by atoms with Crippen molar-refractivity contribution in [3.63, 3.8) is 0 Å². The van der Waals surface area contributed by atoms with Gasteiger partial charge in [0.15, 0.2) is 22.2 Å². The molecule has 0 aliphatic rings. The van der Waals surface area contributed by atoms with Crippen molar-refractivity contribution in [1.82, 2.24) is 8.75 Å². The lowest BCUT2D eigenvalue weighted by atomic mass is 10.3. The largest absolute Gasteiger partial charge is 0.546 e. The molecule has 56 valence electrons. The molecule has 0 aliphatic heterocycles. The van der Waals surface area contributed by atoms with Crippen molar-refractivity contribution >= 4 is 27.9 Å². The molecule has 1 aromatic heterocycles. The van der Waals surface area contributed by atoms with Crippen molar-refractivity contribution in [1.29, 1.82) is 0 Å². The predicted octanol–water partition coefficient (Wildman–Crippen LogP) is 0.940. The van der Waals surface area contributed by atoms with Gasteiger partial charge in [0, 0.05) is 0 Å². The maximum atomic E-state index is 10.8. The van der Waals surface area contributed by atoms with E-state index < -0.39 is 11.1 Å². The minimum atomic E-state index is -1.46. The highest BCUT2D eigenvalue weighted by molar-refractivity contribution is 7.14. The van der Waals surface area contributed by atoms with E-state index in [1.807, 2.05) is 0 Å². The number of nitrogen functional groups attached to an aromatic ring is 1. The van der Waals surface area contributed by atoms with Gasteiger partial charge in [-0.3, -0.25) is 0 Å². The summed E-state index contributed by atoms with van der Waals surface area (Å²) >= 11 is -1.46. The van der Waals surface area contributed by atoms with Crippen LogP contribution in [0, 0.1) is 0 Å². The van der Waals surface area contributed by atoms with Crippen LogP contribution in [0.25, 0.3) is 11.0 Å². The van der Waals surface area contributed by atoms with Gasteiger partial charge in [0.05, 0.1) is 5.69 Å². The van der Waals surface area contributed by atoms with Gasteiger partial charge < -0.3 is 10.3 Å². The first-order valence-electron chi connectivity index (χ1n) is 3.01. The van der Waals surface area contributed by atoms with Crippen LogP contribution in [-0.4, -0.2) is 13.3 Å². The molecule has 2 rings (SSSR count). The molecule has 0 radical (unpaired) electrons. The molecule has 0 amide bonds. The van der Waals surface area contributed by atoms with Crippen LogP contribution in [0.5, 0.6) is 0 Å². The van der Waals surface area contributed by atoms with Gasteiger partial charge in [-0.15, -0.1) is 0 Å². The second-order valence-corrected chi connectivity index (χ2v) is 2.95. The zero-order chi connectivity index (χ0) is 7.84. The summed E-state index contributed by atoms with van der Waals surface area (Å²) in [5, 5.41) is 0. The first kappa shape index (κ1) is 6.51. The summed E-state index contributed by atoms with van der Waals surface area (Å²) < 4.78 is 18.2. The number of fused-ring (bicyclic) bond motifs is 1. The summed E-state index contributed by atoms with van der Waals surface area (Å²) in [6.07, 6.45) is 0. The fourth-order valence-corrected chi connectivity index (χ4v) is 1.62. The summed E-state index contributed by atoms with van der Waals surface area (Å²) in [5.74, 6) is 0. The monoisotopic (exact) mass is 167 g/mol. The van der Waals surface area contributed by atoms with Crippen molar-refractivity contribution in [3.05, 3.63) is 18.2 Å². The number of benzene rings is 1. The second-order valence-electron chi connectivity index (χ2n) is 2.13. The highest BCUT2D eigenvalue weighted by Crippen LogP contribution is 2.20. The van der Waals surface area contributed by atoms with E-state index in [9.17, 15) is 4.55 Å². The number of hydrogen-bond donors (Lipinski definition) is 1. The number of anilines is 1. The van der Waals surface area contributed by atoms with Crippen molar-refractivity contribution in [2.45, 2.75) is 0 Å². The summed E-state index contributed by atoms with van der Waals surface area (Å²) in [6, 6.07) is 5.20. The fourth-order valence-electron chi connectivity index (χ4n) is 0.904. The molecule has 0 aliphatic carbocycles. The third kappa shape index (κ3) is 0.941. The van der Waals surface area contributed by atoms with Gasteiger partial charge in [-0.25, -0.2) is 0 Å². The number of nitrogens with two attached hydrogens (primary N) is 1. The molecule has 1 aromatic carbocycles. The lowest BCUT2D eigenvalue weighted by Gasteiger charge is -1.86. The Hall–Kier alpha value is -1.20. The average molecular weight is 167 g/mol. The standard InChI is InChI=1S/C6H5N3OS/c7-4-2-1-3-5-6(4)9-11(10)8-5/h1-3H,7H2. The van der Waals surface area contributed by atoms with Crippen molar-refractivity contribution < 1.29 is 4.55 Å². The van der Waals surface area contributed by atoms with Gasteiger partial charge in [-0.05, 0) is 20.9 Å². The van der Waals surface area contributed by atoms with Gasteiger partial charge in [0.25, 0.3) is 0 Å². The molecule has 0 spiro atoms. The normalized spacial score (nSPS) is 12.3. The Labute approximate surface area is 65.8 Å². The molecule has 0 bridgehead atoms. The summed E-state index contributed by atoms with van der Waals surface area (Å²) in [7, 11) is 0. The molecule has 1 heterocycles. The molecule has 1 unspecified atom stereocenters. The summed E-state index contributed by atoms with van der Waals surface area (Å²) in [6.45, 7) is 0. The first-order chi connectivity index (χ1) is 5.27. The van der Waals surface area contributed by atoms with E-state index in [1.54, 1.807) is 18.2 Å². The lowest BCUT2D eigenvalue weighted by Crippen LogP contribution is -1.84. The van der Waals surface area contributed by atoms with Crippen molar-refractivity contribution in [3.8, 4) is 0 Å². The van der Waals surface area contributed by atoms with Crippen LogP contribution in [0.1, 0.15) is 0 Å². The van der Waals surface area contributed by atoms with E-state index in [0.29, 0.717) is 16.7 Å². The lowest BCUT2D eigenvalue weighted by molar-refractivity contribution is 0.585. The molecule has 0 saturated carbocycles. The SMILES string of the molecule is Nc1cccc2n[s+]([O-])nc12. The minimum absolute atomic E-state index is 0.525. The van der Waals surface area contributed by atoms with E-state index >= 15 is 0 Å². The Morgan fingerprint density at radius 1 is 1.36 bits per heavy atom. The Bertz CT molecular complexity index is 398. The van der Waals surface area contributed by atoms with Crippen LogP contribution >= 0.6 is 11.1 Å². The van der Waals surface area contributed by atoms with E-state index in [-0.39, 0.29) is 0 Å². The molecule has 2 aromatic rings. The highest BCUT2D eigenvalue weighted by Gasteiger charge is 2.07. The predicted molar refractivity (Wildman–Crippen MR) is 42.6 cm³/mol. The highest BCUT2D eigenvalue weighted by atomic mass is 32.2. The Morgan fingerprint density at radius 2 is 2.18 bits per heavy atom. The minimum Gasteiger partial charge on any atom is -0.546 e. The van der Waals surface area contributed by atoms with Gasteiger partial charge >= 0.3 is 0 Å². The van der Waals surface area contributed by atoms with Crippen LogP contribution in [0.2, 0.25) is 0 Å². The van der Waals surface area contributed by atoms with Crippen LogP contribution in [-0.2, 0) is 0 Å². The summed E-state index contributed by atoms with van der Waals surface area (Å²) in [5.41, 5.74) is 7.23. The number of nitrogens with zero attached hydrogens (tertiary/aromatic N) is 2. The topological polar surface area (TPSA) is 74.9 Å². The van der Waals surface area contributed by atoms with Crippen LogP contribution in [0.3, 0.4) is 0 Å². The average Bonchev–Trinajstić information content (AvgIpc) is 2.31. The van der Waals surface area contributed by atoms with Crippen molar-refractivity contribution in [2.24, 2.45) is 0 Å². The molecule has 2 N–H and O–H groups in total. The number of hydrogen-bond acceptors (Lipinski definition) is 4. The van der Waals surface area contributed by atoms with Gasteiger partial charge in [0.1, 0.15) is 0 Å². The number of rotatable bonds is 0. The molecule has 0 fully saturated rings. The van der Waals surface area contributed by atoms with E-state index in [1.165, 1.54) is 0 Å². The molecule has 11 heavy (non-hydrogen) atoms. The molecule has 0 saturated heterocycles. The van der Waals surface area contributed by atoms with E-state index in [0.717, 1.165) is 0 Å². The van der Waals surface area contributed by atoms with Gasteiger partial charge in [0.2, 0.25) is 0 Å². The Kier molecular flexibility index (Phi) is 1.27. The van der Waals surface area contributed by atoms with Crippen LogP contribution in [0.4, 0.5) is 5.69 Å². The smallest absolute Gasteiger partial charge is 0.186 e. The zero-order valence-corrected chi connectivity index (χ0v) is 6.34. The maximum absolute atomic E-state index is 10.8. The third-order valence-electron chi connectivity index (χ3n) is 1.39. The maximum Gasteiger partial charge on any atom is 0.186 e. The zero-order valence-electron chi connectivity index (χ0n) is 5.52. The van der Waals surface area contributed by atoms with Crippen molar-refractivity contribution in [2.75, 3.05) is 5.73 Å². The fraction of sp³-hybridized carbons (Fsp3) is 0. The molecular formula is C6H5N3OS. The van der Waals surface area contributed by atoms with Gasteiger partial charge in [-0.2, -0.15) is 0 Å². The third-order valence-corrected chi connectivity index (χ3v) is 2.08. The first-order valence-corrected chi connectivity index (χ1v) is 4.08. The molecule has 1 atom stereocenters. The number of aromatic nitrogens is 2. The van der Waals surface area contributed by atoms with Crippen LogP contribution < -0.4 is 5.73 Å². The molecule has 4 nitrogen and oxygen atoms in total. The molecular weight excluding hydrogens is 162 g/mol.